The van der Waals surface area contributed by atoms with Crippen molar-refractivity contribution in [2.45, 2.75) is 26.4 Å². The molecule has 4 heteroatoms. The fourth-order valence-electron chi connectivity index (χ4n) is 2.51. The van der Waals surface area contributed by atoms with E-state index in [1.165, 1.54) is 21.7 Å². The van der Waals surface area contributed by atoms with Crippen LogP contribution < -0.4 is 5.73 Å². The monoisotopic (exact) mass is 259 g/mol. The number of rotatable bonds is 2. The summed E-state index contributed by atoms with van der Waals surface area (Å²) < 4.78 is 0. The minimum atomic E-state index is 0.945. The highest BCUT2D eigenvalue weighted by Gasteiger charge is 2.18. The van der Waals surface area contributed by atoms with E-state index in [2.05, 4.69) is 28.9 Å². The molecule has 0 aliphatic carbocycles. The molecule has 2 N–H and O–H groups in total. The summed E-state index contributed by atoms with van der Waals surface area (Å²) >= 11 is 1.75. The predicted molar refractivity (Wildman–Crippen MR) is 75.5 cm³/mol. The molecular weight excluding hydrogens is 242 g/mol. The maximum Gasteiger partial charge on any atom is 0.0798 e. The molecule has 0 fully saturated rings. The summed E-state index contributed by atoms with van der Waals surface area (Å²) in [5.74, 6) is 0. The molecule has 0 radical (unpaired) electrons. The first-order chi connectivity index (χ1) is 8.74. The van der Waals surface area contributed by atoms with Gasteiger partial charge in [0, 0.05) is 30.2 Å². The van der Waals surface area contributed by atoms with E-state index in [4.69, 9.17) is 5.73 Å². The molecule has 3 nitrogen and oxygen atoms in total. The molecule has 2 aromatic rings. The lowest BCUT2D eigenvalue weighted by atomic mass is 9.98. The highest BCUT2D eigenvalue weighted by atomic mass is 32.1. The van der Waals surface area contributed by atoms with Crippen LogP contribution in [0.3, 0.4) is 0 Å². The minimum Gasteiger partial charge on any atom is -0.398 e. The molecule has 2 heterocycles. The molecule has 1 aromatic carbocycles. The first-order valence-electron chi connectivity index (χ1n) is 6.21. The van der Waals surface area contributed by atoms with E-state index in [1.807, 2.05) is 11.6 Å². The number of benzene rings is 1. The fraction of sp³-hybridized carbons (Fsp3) is 0.357. The summed E-state index contributed by atoms with van der Waals surface area (Å²) in [5.41, 5.74) is 12.8. The van der Waals surface area contributed by atoms with Gasteiger partial charge in [0.2, 0.25) is 0 Å². The van der Waals surface area contributed by atoms with Crippen molar-refractivity contribution in [3.63, 3.8) is 0 Å². The standard InChI is InChI=1S/C14H17N3S/c1-10-14(18-9-16-10)8-17-6-5-12-11(7-17)3-2-4-13(12)15/h2-4,9H,5-8,15H2,1H3. The van der Waals surface area contributed by atoms with Crippen LogP contribution >= 0.6 is 11.3 Å². The van der Waals surface area contributed by atoms with Crippen molar-refractivity contribution >= 4 is 17.0 Å². The Kier molecular flexibility index (Phi) is 3.06. The molecule has 3 rings (SSSR count). The Hall–Kier alpha value is -1.39. The largest absolute Gasteiger partial charge is 0.398 e. The number of hydrogen-bond acceptors (Lipinski definition) is 4. The Morgan fingerprint density at radius 2 is 2.33 bits per heavy atom. The Bertz CT molecular complexity index is 562. The van der Waals surface area contributed by atoms with E-state index in [0.29, 0.717) is 0 Å². The number of fused-ring (bicyclic) bond motifs is 1. The highest BCUT2D eigenvalue weighted by molar-refractivity contribution is 7.09. The lowest BCUT2D eigenvalue weighted by Gasteiger charge is -2.29. The second-order valence-corrected chi connectivity index (χ2v) is 5.75. The zero-order valence-corrected chi connectivity index (χ0v) is 11.3. The third-order valence-electron chi connectivity index (χ3n) is 3.59. The summed E-state index contributed by atoms with van der Waals surface area (Å²) in [4.78, 5) is 8.16. The Morgan fingerprint density at radius 3 is 3.11 bits per heavy atom. The Balaban J connectivity index is 1.77. The summed E-state index contributed by atoms with van der Waals surface area (Å²) in [7, 11) is 0. The molecule has 1 aromatic heterocycles. The first kappa shape index (κ1) is 11.7. The summed E-state index contributed by atoms with van der Waals surface area (Å²) in [6.07, 6.45) is 1.06. The number of nitrogens with zero attached hydrogens (tertiary/aromatic N) is 2. The number of nitrogens with two attached hydrogens (primary N) is 1. The van der Waals surface area contributed by atoms with Crippen molar-refractivity contribution in [2.24, 2.45) is 0 Å². The average molecular weight is 259 g/mol. The maximum atomic E-state index is 6.02. The number of nitrogen functional groups attached to an aromatic ring is 1. The minimum absolute atomic E-state index is 0.945. The number of anilines is 1. The van der Waals surface area contributed by atoms with Crippen LogP contribution in [0.5, 0.6) is 0 Å². The second-order valence-electron chi connectivity index (χ2n) is 4.81. The predicted octanol–water partition coefficient (Wildman–Crippen LogP) is 2.59. The second kappa shape index (κ2) is 4.71. The van der Waals surface area contributed by atoms with Gasteiger partial charge >= 0.3 is 0 Å². The molecule has 1 aliphatic rings. The van der Waals surface area contributed by atoms with E-state index in [1.54, 1.807) is 11.3 Å². The van der Waals surface area contributed by atoms with Crippen LogP contribution in [0.15, 0.2) is 23.7 Å². The van der Waals surface area contributed by atoms with E-state index < -0.39 is 0 Å². The lowest BCUT2D eigenvalue weighted by Crippen LogP contribution is -2.30. The zero-order valence-electron chi connectivity index (χ0n) is 10.5. The van der Waals surface area contributed by atoms with Gasteiger partial charge in [-0.15, -0.1) is 11.3 Å². The molecule has 0 amide bonds. The SMILES string of the molecule is Cc1ncsc1CN1CCc2c(N)cccc2C1. The summed E-state index contributed by atoms with van der Waals surface area (Å²) in [6, 6.07) is 6.24. The van der Waals surface area contributed by atoms with Crippen LogP contribution in [-0.2, 0) is 19.5 Å². The number of aromatic nitrogens is 1. The summed E-state index contributed by atoms with van der Waals surface area (Å²) in [5, 5.41) is 0. The van der Waals surface area contributed by atoms with Gasteiger partial charge in [0.15, 0.2) is 0 Å². The number of aryl methyl sites for hydroxylation is 1. The fourth-order valence-corrected chi connectivity index (χ4v) is 3.33. The third-order valence-corrected chi connectivity index (χ3v) is 4.51. The van der Waals surface area contributed by atoms with Crippen molar-refractivity contribution in [2.75, 3.05) is 12.3 Å². The van der Waals surface area contributed by atoms with Crippen LogP contribution in [0, 0.1) is 6.92 Å². The van der Waals surface area contributed by atoms with Crippen LogP contribution in [-0.4, -0.2) is 16.4 Å². The number of thiazole rings is 1. The van der Waals surface area contributed by atoms with Crippen LogP contribution in [0.4, 0.5) is 5.69 Å². The quantitative estimate of drug-likeness (QED) is 0.843. The molecule has 18 heavy (non-hydrogen) atoms. The normalized spacial score (nSPS) is 15.6. The van der Waals surface area contributed by atoms with Gasteiger partial charge in [0.25, 0.3) is 0 Å². The van der Waals surface area contributed by atoms with Gasteiger partial charge in [-0.3, -0.25) is 4.90 Å². The molecule has 0 spiro atoms. The van der Waals surface area contributed by atoms with Gasteiger partial charge in [-0.2, -0.15) is 0 Å². The molecule has 0 atom stereocenters. The van der Waals surface area contributed by atoms with E-state index in [0.717, 1.165) is 31.7 Å². The van der Waals surface area contributed by atoms with Gasteiger partial charge < -0.3 is 5.73 Å². The lowest BCUT2D eigenvalue weighted by molar-refractivity contribution is 0.247. The molecular formula is C14H17N3S. The van der Waals surface area contributed by atoms with Crippen LogP contribution in [0.2, 0.25) is 0 Å². The van der Waals surface area contributed by atoms with Crippen molar-refractivity contribution in [1.82, 2.24) is 9.88 Å². The molecule has 0 saturated carbocycles. The smallest absolute Gasteiger partial charge is 0.0798 e. The molecule has 0 bridgehead atoms. The third kappa shape index (κ3) is 2.13. The average Bonchev–Trinajstić information content (AvgIpc) is 2.75. The highest BCUT2D eigenvalue weighted by Crippen LogP contribution is 2.26. The van der Waals surface area contributed by atoms with Crippen molar-refractivity contribution < 1.29 is 0 Å². The van der Waals surface area contributed by atoms with E-state index in [9.17, 15) is 0 Å². The molecule has 1 aliphatic heterocycles. The molecule has 94 valence electrons. The topological polar surface area (TPSA) is 42.2 Å². The van der Waals surface area contributed by atoms with Crippen LogP contribution in [0.1, 0.15) is 21.7 Å². The van der Waals surface area contributed by atoms with E-state index in [-0.39, 0.29) is 0 Å². The van der Waals surface area contributed by atoms with Crippen molar-refractivity contribution in [1.29, 1.82) is 0 Å². The molecule has 0 unspecified atom stereocenters. The zero-order chi connectivity index (χ0) is 12.5. The van der Waals surface area contributed by atoms with Crippen molar-refractivity contribution in [3.05, 3.63) is 45.4 Å². The Morgan fingerprint density at radius 1 is 1.44 bits per heavy atom. The van der Waals surface area contributed by atoms with Gasteiger partial charge in [0.1, 0.15) is 0 Å². The van der Waals surface area contributed by atoms with Crippen molar-refractivity contribution in [3.8, 4) is 0 Å². The molecule has 0 saturated heterocycles. The maximum absolute atomic E-state index is 6.02. The van der Waals surface area contributed by atoms with Gasteiger partial charge in [0.05, 0.1) is 11.2 Å². The summed E-state index contributed by atoms with van der Waals surface area (Å²) in [6.45, 7) is 5.17. The first-order valence-corrected chi connectivity index (χ1v) is 7.09. The Labute approximate surface area is 111 Å². The van der Waals surface area contributed by atoms with Gasteiger partial charge in [-0.1, -0.05) is 12.1 Å². The van der Waals surface area contributed by atoms with Gasteiger partial charge in [-0.05, 0) is 30.5 Å². The number of hydrogen-bond donors (Lipinski definition) is 1. The van der Waals surface area contributed by atoms with Crippen LogP contribution in [0.25, 0.3) is 0 Å². The van der Waals surface area contributed by atoms with Gasteiger partial charge in [-0.25, -0.2) is 4.98 Å². The van der Waals surface area contributed by atoms with E-state index >= 15 is 0 Å².